The number of benzene rings is 2. The van der Waals surface area contributed by atoms with Gasteiger partial charge in [0.1, 0.15) is 10.6 Å². The zero-order valence-corrected chi connectivity index (χ0v) is 19.4. The van der Waals surface area contributed by atoms with Crippen LogP contribution in [-0.4, -0.2) is 50.8 Å². The van der Waals surface area contributed by atoms with Crippen molar-refractivity contribution in [3.63, 3.8) is 0 Å². The number of rotatable bonds is 6. The topological polar surface area (TPSA) is 90.0 Å². The first-order chi connectivity index (χ1) is 15.3. The standard InChI is InChI=1S/C22H21Cl2NO6S/c23-17-2-1-3-18(24)21(17)32(28,29)25-9-6-14(7-10-25)22(27)31-13-19(26)15-4-5-20-16(12-15)8-11-30-20/h1-5,12,14H,6-11,13H2. The summed E-state index contributed by atoms with van der Waals surface area (Å²) in [5.74, 6) is -0.500. The molecule has 0 amide bonds. The number of fused-ring (bicyclic) bond motifs is 1. The molecule has 2 aromatic rings. The van der Waals surface area contributed by atoms with Crippen LogP contribution >= 0.6 is 23.2 Å². The van der Waals surface area contributed by atoms with E-state index in [0.717, 1.165) is 17.7 Å². The Morgan fingerprint density at radius 3 is 2.47 bits per heavy atom. The molecule has 0 spiro atoms. The number of halogens is 2. The molecule has 0 aromatic heterocycles. The molecule has 2 aromatic carbocycles. The minimum Gasteiger partial charge on any atom is -0.493 e. The van der Waals surface area contributed by atoms with Gasteiger partial charge in [0.2, 0.25) is 10.0 Å². The summed E-state index contributed by atoms with van der Waals surface area (Å²) in [5.41, 5.74) is 1.44. The summed E-state index contributed by atoms with van der Waals surface area (Å²) in [7, 11) is -3.89. The van der Waals surface area contributed by atoms with Gasteiger partial charge in [-0.1, -0.05) is 29.3 Å². The van der Waals surface area contributed by atoms with Crippen molar-refractivity contribution in [3.05, 3.63) is 57.6 Å². The molecular weight excluding hydrogens is 477 g/mol. The van der Waals surface area contributed by atoms with E-state index in [1.807, 2.05) is 0 Å². The number of nitrogens with zero attached hydrogens (tertiary/aromatic N) is 1. The van der Waals surface area contributed by atoms with E-state index >= 15 is 0 Å². The van der Waals surface area contributed by atoms with E-state index in [2.05, 4.69) is 0 Å². The van der Waals surface area contributed by atoms with Gasteiger partial charge in [0, 0.05) is 25.1 Å². The number of sulfonamides is 1. The number of carbonyl (C=O) groups is 2. The Bertz CT molecular complexity index is 1140. The minimum atomic E-state index is -3.89. The van der Waals surface area contributed by atoms with Crippen LogP contribution in [0.15, 0.2) is 41.3 Å². The third kappa shape index (κ3) is 4.64. The van der Waals surface area contributed by atoms with Gasteiger partial charge >= 0.3 is 5.97 Å². The van der Waals surface area contributed by atoms with Crippen LogP contribution in [0.1, 0.15) is 28.8 Å². The van der Waals surface area contributed by atoms with Gasteiger partial charge in [-0.2, -0.15) is 4.31 Å². The molecule has 32 heavy (non-hydrogen) atoms. The Labute approximate surface area is 196 Å². The SMILES string of the molecule is O=C(COC(=O)C1CCN(S(=O)(=O)c2c(Cl)cccc2Cl)CC1)c1ccc2c(c1)CCO2. The molecule has 0 bridgehead atoms. The van der Waals surface area contributed by atoms with Crippen LogP contribution in [0.3, 0.4) is 0 Å². The van der Waals surface area contributed by atoms with Crippen LogP contribution < -0.4 is 4.74 Å². The smallest absolute Gasteiger partial charge is 0.309 e. The lowest BCUT2D eigenvalue weighted by atomic mass is 9.98. The third-order valence-corrected chi connectivity index (χ3v) is 8.52. The monoisotopic (exact) mass is 497 g/mol. The fourth-order valence-corrected chi connectivity index (χ4v) is 6.45. The number of ketones is 1. The first kappa shape index (κ1) is 23.0. The zero-order valence-electron chi connectivity index (χ0n) is 17.1. The quantitative estimate of drug-likeness (QED) is 0.445. The molecule has 0 atom stereocenters. The van der Waals surface area contributed by atoms with Crippen molar-refractivity contribution in [1.29, 1.82) is 0 Å². The molecule has 1 fully saturated rings. The molecule has 2 aliphatic heterocycles. The lowest BCUT2D eigenvalue weighted by molar-refractivity contribution is -0.148. The molecular formula is C22H21Cl2NO6S. The molecule has 0 N–H and O–H groups in total. The highest BCUT2D eigenvalue weighted by molar-refractivity contribution is 7.89. The van der Waals surface area contributed by atoms with Gasteiger partial charge in [-0.15, -0.1) is 0 Å². The van der Waals surface area contributed by atoms with Crippen molar-refractivity contribution in [3.8, 4) is 5.75 Å². The average molecular weight is 498 g/mol. The summed E-state index contributed by atoms with van der Waals surface area (Å²) < 4.78 is 37.8. The maximum Gasteiger partial charge on any atom is 0.309 e. The van der Waals surface area contributed by atoms with Gasteiger partial charge in [-0.25, -0.2) is 8.42 Å². The number of carbonyl (C=O) groups excluding carboxylic acids is 2. The number of hydrogen-bond donors (Lipinski definition) is 0. The molecule has 170 valence electrons. The molecule has 0 aliphatic carbocycles. The summed E-state index contributed by atoms with van der Waals surface area (Å²) in [6, 6.07) is 9.68. The maximum absolute atomic E-state index is 12.9. The van der Waals surface area contributed by atoms with E-state index in [1.54, 1.807) is 24.3 Å². The van der Waals surface area contributed by atoms with E-state index in [0.29, 0.717) is 12.2 Å². The van der Waals surface area contributed by atoms with Gasteiger partial charge in [-0.3, -0.25) is 9.59 Å². The Hall–Kier alpha value is -2.13. The molecule has 10 heteroatoms. The van der Waals surface area contributed by atoms with E-state index in [1.165, 1.54) is 16.4 Å². The van der Waals surface area contributed by atoms with Crippen molar-refractivity contribution in [1.82, 2.24) is 4.31 Å². The second-order valence-corrected chi connectivity index (χ2v) is 10.4. The minimum absolute atomic E-state index is 0.0515. The number of esters is 1. The largest absolute Gasteiger partial charge is 0.493 e. The van der Waals surface area contributed by atoms with Crippen LogP contribution in [0.2, 0.25) is 10.0 Å². The highest BCUT2D eigenvalue weighted by atomic mass is 35.5. The van der Waals surface area contributed by atoms with Crippen molar-refractivity contribution >= 4 is 45.0 Å². The van der Waals surface area contributed by atoms with Gasteiger partial charge in [0.15, 0.2) is 12.4 Å². The van der Waals surface area contributed by atoms with E-state index < -0.39 is 21.9 Å². The zero-order chi connectivity index (χ0) is 22.9. The van der Waals surface area contributed by atoms with Crippen molar-refractivity contribution < 1.29 is 27.5 Å². The lowest BCUT2D eigenvalue weighted by Crippen LogP contribution is -2.41. The van der Waals surface area contributed by atoms with Gasteiger partial charge in [0.05, 0.1) is 22.6 Å². The van der Waals surface area contributed by atoms with Crippen LogP contribution in [0.4, 0.5) is 0 Å². The summed E-state index contributed by atoms with van der Waals surface area (Å²) in [4.78, 5) is 24.7. The Balaban J connectivity index is 1.32. The van der Waals surface area contributed by atoms with Crippen LogP contribution in [0, 0.1) is 5.92 Å². The average Bonchev–Trinajstić information content (AvgIpc) is 3.25. The van der Waals surface area contributed by atoms with Crippen molar-refractivity contribution in [2.45, 2.75) is 24.2 Å². The molecule has 0 saturated carbocycles. The number of hydrogen-bond acceptors (Lipinski definition) is 6. The summed E-state index contributed by atoms with van der Waals surface area (Å²) >= 11 is 12.1. The third-order valence-electron chi connectivity index (χ3n) is 5.66. The molecule has 7 nitrogen and oxygen atoms in total. The number of ether oxygens (including phenoxy) is 2. The van der Waals surface area contributed by atoms with Gasteiger partial charge < -0.3 is 9.47 Å². The van der Waals surface area contributed by atoms with Crippen LogP contribution in [0.25, 0.3) is 0 Å². The van der Waals surface area contributed by atoms with Crippen molar-refractivity contribution in [2.24, 2.45) is 5.92 Å². The molecule has 4 rings (SSSR count). The maximum atomic E-state index is 12.9. The lowest BCUT2D eigenvalue weighted by Gasteiger charge is -2.30. The highest BCUT2D eigenvalue weighted by Gasteiger charge is 2.35. The number of Topliss-reactive ketones (excluding diaryl/α,β-unsaturated/α-hetero) is 1. The van der Waals surface area contributed by atoms with Gasteiger partial charge in [0.25, 0.3) is 0 Å². The van der Waals surface area contributed by atoms with Crippen LogP contribution in [0.5, 0.6) is 5.75 Å². The van der Waals surface area contributed by atoms with E-state index in [9.17, 15) is 18.0 Å². The molecule has 0 radical (unpaired) electrons. The fourth-order valence-electron chi connectivity index (χ4n) is 3.89. The molecule has 1 saturated heterocycles. The predicted molar refractivity (Wildman–Crippen MR) is 119 cm³/mol. The first-order valence-corrected chi connectivity index (χ1v) is 12.4. The number of piperidine rings is 1. The summed E-state index contributed by atoms with van der Waals surface area (Å²) in [5, 5.41) is 0.103. The Kier molecular flexibility index (Phi) is 6.76. The van der Waals surface area contributed by atoms with E-state index in [4.69, 9.17) is 32.7 Å². The second-order valence-electron chi connectivity index (χ2n) is 7.68. The second kappa shape index (κ2) is 9.39. The normalized spacial score (nSPS) is 16.9. The molecule has 2 heterocycles. The molecule has 0 unspecified atom stereocenters. The summed E-state index contributed by atoms with van der Waals surface area (Å²) in [6.07, 6.45) is 1.31. The first-order valence-electron chi connectivity index (χ1n) is 10.2. The predicted octanol–water partition coefficient (Wildman–Crippen LogP) is 3.76. The Morgan fingerprint density at radius 1 is 1.09 bits per heavy atom. The fraction of sp³-hybridized carbons (Fsp3) is 0.364. The van der Waals surface area contributed by atoms with Gasteiger partial charge in [-0.05, 0) is 48.7 Å². The highest BCUT2D eigenvalue weighted by Crippen LogP contribution is 2.33. The molecule has 2 aliphatic rings. The van der Waals surface area contributed by atoms with Crippen molar-refractivity contribution in [2.75, 3.05) is 26.3 Å². The van der Waals surface area contributed by atoms with E-state index in [-0.39, 0.29) is 53.3 Å². The summed E-state index contributed by atoms with van der Waals surface area (Å²) in [6.45, 7) is 0.496. The Morgan fingerprint density at radius 2 is 1.78 bits per heavy atom. The van der Waals surface area contributed by atoms with Crippen LogP contribution in [-0.2, 0) is 26.0 Å².